The van der Waals surface area contributed by atoms with Crippen LogP contribution in [0.2, 0.25) is 5.02 Å². The molecule has 2 amide bonds. The highest BCUT2D eigenvalue weighted by atomic mass is 35.5. The van der Waals surface area contributed by atoms with Crippen molar-refractivity contribution >= 4 is 39.1 Å². The number of amides is 2. The van der Waals surface area contributed by atoms with E-state index in [1.54, 1.807) is 31.2 Å². The van der Waals surface area contributed by atoms with E-state index in [2.05, 4.69) is 5.32 Å². The van der Waals surface area contributed by atoms with Crippen LogP contribution in [0.5, 0.6) is 0 Å². The minimum absolute atomic E-state index is 0.127. The third-order valence-corrected chi connectivity index (χ3v) is 7.54. The molecule has 9 heteroatoms. The van der Waals surface area contributed by atoms with Crippen LogP contribution >= 0.6 is 11.6 Å². The Morgan fingerprint density at radius 2 is 1.68 bits per heavy atom. The van der Waals surface area contributed by atoms with Gasteiger partial charge in [0.25, 0.3) is 0 Å². The third kappa shape index (κ3) is 7.21. The molecule has 0 heterocycles. The highest BCUT2D eigenvalue weighted by molar-refractivity contribution is 7.92. The van der Waals surface area contributed by atoms with E-state index < -0.39 is 28.5 Å². The Kier molecular flexibility index (Phi) is 8.97. The predicted molar refractivity (Wildman–Crippen MR) is 135 cm³/mol. The molecule has 0 bridgehead atoms. The van der Waals surface area contributed by atoms with Crippen molar-refractivity contribution in [2.24, 2.45) is 0 Å². The van der Waals surface area contributed by atoms with E-state index in [0.29, 0.717) is 23.7 Å². The van der Waals surface area contributed by atoms with E-state index in [9.17, 15) is 18.0 Å². The van der Waals surface area contributed by atoms with Crippen molar-refractivity contribution in [2.75, 3.05) is 23.7 Å². The van der Waals surface area contributed by atoms with Crippen molar-refractivity contribution in [3.05, 3.63) is 65.2 Å². The molecule has 184 valence electrons. The number of sulfonamides is 1. The Balaban J connectivity index is 1.81. The maximum absolute atomic E-state index is 13.5. The van der Waals surface area contributed by atoms with E-state index >= 15 is 0 Å². The third-order valence-electron chi connectivity index (χ3n) is 6.15. The van der Waals surface area contributed by atoms with Gasteiger partial charge in [0.05, 0.1) is 11.9 Å². The average molecular weight is 506 g/mol. The number of rotatable bonds is 10. The monoisotopic (exact) mass is 505 g/mol. The van der Waals surface area contributed by atoms with Gasteiger partial charge in [0.15, 0.2) is 0 Å². The number of hydrogen-bond acceptors (Lipinski definition) is 4. The highest BCUT2D eigenvalue weighted by Gasteiger charge is 2.31. The molecule has 0 aromatic heterocycles. The fraction of sp³-hybridized carbons (Fsp3) is 0.440. The lowest BCUT2D eigenvalue weighted by molar-refractivity contribution is -0.139. The number of benzene rings is 2. The molecule has 0 saturated heterocycles. The molecule has 0 aliphatic heterocycles. The van der Waals surface area contributed by atoms with Crippen molar-refractivity contribution in [3.63, 3.8) is 0 Å². The second-order valence-electron chi connectivity index (χ2n) is 8.73. The number of carbonyl (C=O) groups is 2. The van der Waals surface area contributed by atoms with E-state index in [4.69, 9.17) is 11.6 Å². The lowest BCUT2D eigenvalue weighted by atomic mass is 10.1. The Morgan fingerprint density at radius 1 is 1.06 bits per heavy atom. The molecule has 1 unspecified atom stereocenters. The first-order chi connectivity index (χ1) is 16.1. The fourth-order valence-electron chi connectivity index (χ4n) is 4.18. The smallest absolute Gasteiger partial charge is 0.244 e. The van der Waals surface area contributed by atoms with Crippen LogP contribution in [0.1, 0.15) is 38.2 Å². The molecule has 2 aromatic carbocycles. The van der Waals surface area contributed by atoms with Gasteiger partial charge >= 0.3 is 0 Å². The molecule has 1 aliphatic carbocycles. The van der Waals surface area contributed by atoms with Gasteiger partial charge in [-0.05, 0) is 56.0 Å². The van der Waals surface area contributed by atoms with Crippen molar-refractivity contribution in [2.45, 2.75) is 51.1 Å². The SMILES string of the molecule is CC(C(=O)NC1CCCC1)N(CCc1ccccc1)C(=O)CN(c1ccc(Cl)cc1)S(C)(=O)=O. The largest absolute Gasteiger partial charge is 0.352 e. The van der Waals surface area contributed by atoms with Gasteiger partial charge in [-0.15, -0.1) is 0 Å². The average Bonchev–Trinajstić information content (AvgIpc) is 3.31. The number of halogens is 1. The minimum atomic E-state index is -3.75. The van der Waals surface area contributed by atoms with Crippen LogP contribution < -0.4 is 9.62 Å². The molecule has 2 aromatic rings. The predicted octanol–water partition coefficient (Wildman–Crippen LogP) is 3.62. The van der Waals surface area contributed by atoms with E-state index in [-0.39, 0.29) is 11.9 Å². The molecule has 1 N–H and O–H groups in total. The van der Waals surface area contributed by atoms with E-state index in [1.165, 1.54) is 4.90 Å². The maximum atomic E-state index is 13.5. The van der Waals surface area contributed by atoms with Gasteiger partial charge in [-0.2, -0.15) is 0 Å². The quantitative estimate of drug-likeness (QED) is 0.534. The van der Waals surface area contributed by atoms with Crippen molar-refractivity contribution in [3.8, 4) is 0 Å². The summed E-state index contributed by atoms with van der Waals surface area (Å²) in [5.74, 6) is -0.656. The van der Waals surface area contributed by atoms with E-state index in [1.807, 2.05) is 30.3 Å². The molecule has 34 heavy (non-hydrogen) atoms. The summed E-state index contributed by atoms with van der Waals surface area (Å²) >= 11 is 5.94. The molecule has 7 nitrogen and oxygen atoms in total. The van der Waals surface area contributed by atoms with Gasteiger partial charge in [-0.3, -0.25) is 13.9 Å². The zero-order valence-electron chi connectivity index (χ0n) is 19.6. The molecule has 0 radical (unpaired) electrons. The van der Waals surface area contributed by atoms with Gasteiger partial charge in [-0.25, -0.2) is 8.42 Å². The van der Waals surface area contributed by atoms with Crippen molar-refractivity contribution in [1.82, 2.24) is 10.2 Å². The van der Waals surface area contributed by atoms with Gasteiger partial charge in [0.2, 0.25) is 21.8 Å². The number of anilines is 1. The summed E-state index contributed by atoms with van der Waals surface area (Å²) in [4.78, 5) is 27.9. The first-order valence-corrected chi connectivity index (χ1v) is 13.7. The van der Waals surface area contributed by atoms with Crippen LogP contribution in [0.25, 0.3) is 0 Å². The lowest BCUT2D eigenvalue weighted by Gasteiger charge is -2.32. The van der Waals surface area contributed by atoms with Crippen LogP contribution in [0.4, 0.5) is 5.69 Å². The number of nitrogens with zero attached hydrogens (tertiary/aromatic N) is 2. The molecular weight excluding hydrogens is 474 g/mol. The van der Waals surface area contributed by atoms with Crippen molar-refractivity contribution in [1.29, 1.82) is 0 Å². The Bertz CT molecular complexity index is 1070. The summed E-state index contributed by atoms with van der Waals surface area (Å²) in [6.07, 6.45) is 5.65. The zero-order valence-corrected chi connectivity index (χ0v) is 21.2. The van der Waals surface area contributed by atoms with Gasteiger partial charge in [-0.1, -0.05) is 54.8 Å². The van der Waals surface area contributed by atoms with Crippen LogP contribution in [0.15, 0.2) is 54.6 Å². The highest BCUT2D eigenvalue weighted by Crippen LogP contribution is 2.21. The van der Waals surface area contributed by atoms with Gasteiger partial charge in [0.1, 0.15) is 12.6 Å². The lowest BCUT2D eigenvalue weighted by Crippen LogP contribution is -2.53. The fourth-order valence-corrected chi connectivity index (χ4v) is 5.16. The number of carbonyl (C=O) groups excluding carboxylic acids is 2. The van der Waals surface area contributed by atoms with E-state index in [0.717, 1.165) is 41.8 Å². The summed E-state index contributed by atoms with van der Waals surface area (Å²) in [6, 6.07) is 15.3. The molecule has 0 spiro atoms. The topological polar surface area (TPSA) is 86.8 Å². The van der Waals surface area contributed by atoms with Crippen LogP contribution in [0, 0.1) is 0 Å². The Morgan fingerprint density at radius 3 is 2.26 bits per heavy atom. The van der Waals surface area contributed by atoms with Crippen LogP contribution in [-0.4, -0.2) is 56.6 Å². The van der Waals surface area contributed by atoms with Gasteiger partial charge in [0, 0.05) is 17.6 Å². The standard InChI is InChI=1S/C25H32ClN3O4S/c1-19(25(31)27-22-10-6-7-11-22)28(17-16-20-8-4-3-5-9-20)24(30)18-29(34(2,32)33)23-14-12-21(26)13-15-23/h3-5,8-9,12-15,19,22H,6-7,10-11,16-18H2,1-2H3,(H,27,31). The summed E-state index contributed by atoms with van der Waals surface area (Å²) in [7, 11) is -3.75. The summed E-state index contributed by atoms with van der Waals surface area (Å²) < 4.78 is 26.1. The molecule has 1 aliphatic rings. The minimum Gasteiger partial charge on any atom is -0.352 e. The Hall–Kier alpha value is -2.58. The molecule has 3 rings (SSSR count). The second kappa shape index (κ2) is 11.7. The molecule has 1 fully saturated rings. The first-order valence-electron chi connectivity index (χ1n) is 11.5. The Labute approximate surface area is 207 Å². The maximum Gasteiger partial charge on any atom is 0.244 e. The molecule has 1 saturated carbocycles. The summed E-state index contributed by atoms with van der Waals surface area (Å²) in [6.45, 7) is 1.58. The number of hydrogen-bond donors (Lipinski definition) is 1. The first kappa shape index (κ1) is 26.0. The summed E-state index contributed by atoms with van der Waals surface area (Å²) in [5.41, 5.74) is 1.37. The normalized spacial score (nSPS) is 15.0. The number of nitrogens with one attached hydrogen (secondary N) is 1. The van der Waals surface area contributed by atoms with Crippen LogP contribution in [-0.2, 0) is 26.0 Å². The summed E-state index contributed by atoms with van der Waals surface area (Å²) in [5, 5.41) is 3.52. The second-order valence-corrected chi connectivity index (χ2v) is 11.1. The van der Waals surface area contributed by atoms with Crippen molar-refractivity contribution < 1.29 is 18.0 Å². The van der Waals surface area contributed by atoms with Gasteiger partial charge < -0.3 is 10.2 Å². The zero-order chi connectivity index (χ0) is 24.7. The molecule has 1 atom stereocenters. The molecular formula is C25H32ClN3O4S. The van der Waals surface area contributed by atoms with Crippen LogP contribution in [0.3, 0.4) is 0 Å².